The first-order valence-corrected chi connectivity index (χ1v) is 12.9. The van der Waals surface area contributed by atoms with Gasteiger partial charge in [0.15, 0.2) is 0 Å². The number of alkyl carbamates (subject to hydrolysis) is 1. The molecule has 0 bridgehead atoms. The van der Waals surface area contributed by atoms with Crippen LogP contribution >= 0.6 is 0 Å². The minimum absolute atomic E-state index is 0.188. The van der Waals surface area contributed by atoms with Crippen molar-refractivity contribution in [3.05, 3.63) is 54.1 Å². The lowest BCUT2D eigenvalue weighted by molar-refractivity contribution is -0.127. The molecule has 0 spiro atoms. The van der Waals surface area contributed by atoms with Gasteiger partial charge in [0.1, 0.15) is 17.0 Å². The molecule has 2 aromatic rings. The lowest BCUT2D eigenvalue weighted by Crippen LogP contribution is -2.56. The molecule has 11 heteroatoms. The van der Waals surface area contributed by atoms with Crippen LogP contribution in [0.1, 0.15) is 64.9 Å². The van der Waals surface area contributed by atoms with Crippen LogP contribution in [0.15, 0.2) is 42.7 Å². The van der Waals surface area contributed by atoms with E-state index in [0.717, 1.165) is 20.3 Å². The first-order chi connectivity index (χ1) is 16.1. The van der Waals surface area contributed by atoms with Crippen molar-refractivity contribution >= 4 is 22.2 Å². The molecule has 1 aromatic carbocycles. The summed E-state index contributed by atoms with van der Waals surface area (Å²) in [6, 6.07) is 9.16. The summed E-state index contributed by atoms with van der Waals surface area (Å²) >= 11 is 0. The Morgan fingerprint density at radius 1 is 1.11 bits per heavy atom. The summed E-state index contributed by atoms with van der Waals surface area (Å²) in [7, 11) is -0.997. The van der Waals surface area contributed by atoms with E-state index in [1.807, 2.05) is 30.3 Å². The quantitative estimate of drug-likeness (QED) is 0.510. The topological polar surface area (TPSA) is 123 Å². The summed E-state index contributed by atoms with van der Waals surface area (Å²) < 4.78 is 33.1. The molecule has 0 aliphatic rings. The molecule has 2 rings (SSSR count). The van der Waals surface area contributed by atoms with Gasteiger partial charge in [-0.1, -0.05) is 30.3 Å². The highest BCUT2D eigenvalue weighted by atomic mass is 32.2. The van der Waals surface area contributed by atoms with Crippen molar-refractivity contribution in [2.45, 2.75) is 71.1 Å². The van der Waals surface area contributed by atoms with Crippen LogP contribution in [0.3, 0.4) is 0 Å². The number of rotatable bonds is 10. The van der Waals surface area contributed by atoms with Gasteiger partial charge in [-0.3, -0.25) is 4.79 Å². The highest BCUT2D eigenvalue weighted by Gasteiger charge is 2.35. The van der Waals surface area contributed by atoms with Gasteiger partial charge in [-0.05, 0) is 59.4 Å². The van der Waals surface area contributed by atoms with Crippen LogP contribution < -0.4 is 10.6 Å². The third kappa shape index (κ3) is 8.07. The fourth-order valence-electron chi connectivity index (χ4n) is 3.29. The normalized spacial score (nSPS) is 13.4. The van der Waals surface area contributed by atoms with Gasteiger partial charge < -0.3 is 15.4 Å². The van der Waals surface area contributed by atoms with Crippen LogP contribution in [-0.4, -0.2) is 58.9 Å². The minimum atomic E-state index is -3.85. The number of ether oxygens (including phenoxy) is 1. The van der Waals surface area contributed by atoms with E-state index in [9.17, 15) is 18.0 Å². The summed E-state index contributed by atoms with van der Waals surface area (Å²) in [6.45, 7) is 8.29. The fourth-order valence-corrected chi connectivity index (χ4v) is 4.26. The number of aromatic nitrogens is 2. The molecule has 1 heterocycles. The molecular formula is C24H37N5O5S. The number of hydrogen-bond donors (Lipinski definition) is 2. The number of nitrogens with one attached hydrogen (secondary N) is 2. The molecule has 1 aromatic heterocycles. The Morgan fingerprint density at radius 2 is 1.74 bits per heavy atom. The maximum atomic E-state index is 13.2. The Morgan fingerprint density at radius 3 is 2.31 bits per heavy atom. The van der Waals surface area contributed by atoms with Crippen LogP contribution in [-0.2, 0) is 26.2 Å². The first-order valence-electron chi connectivity index (χ1n) is 11.5. The highest BCUT2D eigenvalue weighted by molar-refractivity contribution is 7.87. The van der Waals surface area contributed by atoms with Crippen molar-refractivity contribution in [2.75, 3.05) is 14.1 Å². The monoisotopic (exact) mass is 507 g/mol. The van der Waals surface area contributed by atoms with Gasteiger partial charge in [0.2, 0.25) is 5.91 Å². The lowest BCUT2D eigenvalue weighted by Gasteiger charge is -2.30. The lowest BCUT2D eigenvalue weighted by atomic mass is 10.0. The number of amides is 2. The summed E-state index contributed by atoms with van der Waals surface area (Å²) in [6.07, 6.45) is 3.86. The molecule has 0 aliphatic carbocycles. The largest absolute Gasteiger partial charge is 0.444 e. The number of aryl methyl sites for hydroxylation is 1. The second-order valence-electron chi connectivity index (χ2n) is 10.0. The van der Waals surface area contributed by atoms with E-state index in [2.05, 4.69) is 15.6 Å². The smallest absolute Gasteiger partial charge is 0.408 e. The molecule has 1 unspecified atom stereocenters. The maximum absolute atomic E-state index is 13.2. The Hall–Kier alpha value is -2.92. The second kappa shape index (κ2) is 11.2. The SMILES string of the molecule is CN(C)S(=O)(=O)n1ccnc1C(CCCc1ccccc1)NC(=O)C(C)(C)NC(=O)OC(C)(C)C. The van der Waals surface area contributed by atoms with Crippen molar-refractivity contribution in [2.24, 2.45) is 0 Å². The zero-order valence-electron chi connectivity index (χ0n) is 21.5. The zero-order chi connectivity index (χ0) is 26.4. The summed E-state index contributed by atoms with van der Waals surface area (Å²) in [5.74, 6) is -0.307. The molecule has 10 nitrogen and oxygen atoms in total. The van der Waals surface area contributed by atoms with Gasteiger partial charge in [0, 0.05) is 26.5 Å². The van der Waals surface area contributed by atoms with Crippen LogP contribution in [0.4, 0.5) is 4.79 Å². The minimum Gasteiger partial charge on any atom is -0.444 e. The van der Waals surface area contributed by atoms with Crippen LogP contribution in [0.5, 0.6) is 0 Å². The summed E-state index contributed by atoms with van der Waals surface area (Å²) in [5.41, 5.74) is -0.909. The molecule has 0 fully saturated rings. The van der Waals surface area contributed by atoms with Gasteiger partial charge in [-0.25, -0.2) is 13.8 Å². The van der Waals surface area contributed by atoms with Crippen molar-refractivity contribution in [3.8, 4) is 0 Å². The van der Waals surface area contributed by atoms with E-state index in [1.54, 1.807) is 34.6 Å². The summed E-state index contributed by atoms with van der Waals surface area (Å²) in [5, 5.41) is 5.47. The van der Waals surface area contributed by atoms with E-state index < -0.39 is 39.4 Å². The van der Waals surface area contributed by atoms with Crippen molar-refractivity contribution < 1.29 is 22.7 Å². The van der Waals surface area contributed by atoms with Crippen LogP contribution in [0, 0.1) is 0 Å². The van der Waals surface area contributed by atoms with Gasteiger partial charge >= 0.3 is 16.3 Å². The third-order valence-electron chi connectivity index (χ3n) is 5.14. The van der Waals surface area contributed by atoms with Crippen LogP contribution in [0.2, 0.25) is 0 Å². The second-order valence-corrected chi connectivity index (χ2v) is 12.0. The first kappa shape index (κ1) is 28.3. The van der Waals surface area contributed by atoms with Gasteiger partial charge in [0.05, 0.1) is 6.04 Å². The molecule has 0 saturated heterocycles. The fraction of sp³-hybridized carbons (Fsp3) is 0.542. The van der Waals surface area contributed by atoms with Gasteiger partial charge in [0.25, 0.3) is 0 Å². The number of nitrogens with zero attached hydrogens (tertiary/aromatic N) is 3. The number of carbonyl (C=O) groups is 2. The standard InChI is InChI=1S/C24H37N5O5S/c1-23(2,3)34-22(31)27-24(4,5)21(30)26-19(15-11-14-18-12-9-8-10-13-18)20-25-16-17-29(20)35(32,33)28(6)7/h8-10,12-13,16-17,19H,11,14-15H2,1-7H3,(H,26,30)(H,27,31). The molecule has 0 saturated carbocycles. The average molecular weight is 508 g/mol. The predicted octanol–water partition coefficient (Wildman–Crippen LogP) is 3.02. The predicted molar refractivity (Wildman–Crippen MR) is 134 cm³/mol. The number of benzene rings is 1. The van der Waals surface area contributed by atoms with E-state index in [1.165, 1.54) is 26.5 Å². The molecule has 0 radical (unpaired) electrons. The van der Waals surface area contributed by atoms with Crippen molar-refractivity contribution in [1.29, 1.82) is 0 Å². The molecule has 35 heavy (non-hydrogen) atoms. The van der Waals surface area contributed by atoms with E-state index in [0.29, 0.717) is 12.8 Å². The van der Waals surface area contributed by atoms with E-state index in [4.69, 9.17) is 4.74 Å². The van der Waals surface area contributed by atoms with Crippen molar-refractivity contribution in [3.63, 3.8) is 0 Å². The van der Waals surface area contributed by atoms with Gasteiger partial charge in [-0.2, -0.15) is 12.7 Å². The maximum Gasteiger partial charge on any atom is 0.408 e. The molecule has 2 N–H and O–H groups in total. The van der Waals surface area contributed by atoms with E-state index >= 15 is 0 Å². The van der Waals surface area contributed by atoms with Crippen LogP contribution in [0.25, 0.3) is 0 Å². The third-order valence-corrected chi connectivity index (χ3v) is 6.87. The van der Waals surface area contributed by atoms with Gasteiger partial charge in [-0.15, -0.1) is 0 Å². The van der Waals surface area contributed by atoms with E-state index in [-0.39, 0.29) is 5.82 Å². The number of hydrogen-bond acceptors (Lipinski definition) is 6. The number of carbonyl (C=O) groups excluding carboxylic acids is 2. The zero-order valence-corrected chi connectivity index (χ0v) is 22.3. The Bertz CT molecular complexity index is 1100. The Balaban J connectivity index is 2.27. The van der Waals surface area contributed by atoms with Crippen molar-refractivity contribution in [1.82, 2.24) is 23.9 Å². The molecular weight excluding hydrogens is 470 g/mol. The Kier molecular flexibility index (Phi) is 9.07. The highest BCUT2D eigenvalue weighted by Crippen LogP contribution is 2.22. The Labute approximate surface area is 208 Å². The molecule has 2 amide bonds. The molecule has 194 valence electrons. The molecule has 0 aliphatic heterocycles. The average Bonchev–Trinajstić information content (AvgIpc) is 3.22. The number of imidazole rings is 1. The summed E-state index contributed by atoms with van der Waals surface area (Å²) in [4.78, 5) is 29.8. The molecule has 1 atom stereocenters.